The number of unbranched alkanes of at least 4 members (excludes halogenated alkanes) is 1. The Morgan fingerprint density at radius 2 is 2.33 bits per heavy atom. The maximum atomic E-state index is 5.18. The van der Waals surface area contributed by atoms with E-state index in [1.807, 2.05) is 0 Å². The van der Waals surface area contributed by atoms with Crippen molar-refractivity contribution >= 4 is 17.2 Å². The summed E-state index contributed by atoms with van der Waals surface area (Å²) < 4.78 is 5.07. The van der Waals surface area contributed by atoms with Gasteiger partial charge in [-0.2, -0.15) is 0 Å². The molecule has 0 rings (SSSR count). The van der Waals surface area contributed by atoms with Gasteiger partial charge in [0.25, 0.3) is 0 Å². The SMILES string of the molecule is CCCCOCC(N)=S. The highest BCUT2D eigenvalue weighted by Gasteiger charge is 1.87. The Labute approximate surface area is 61.4 Å². The van der Waals surface area contributed by atoms with Crippen molar-refractivity contribution in [1.29, 1.82) is 0 Å². The van der Waals surface area contributed by atoms with Gasteiger partial charge in [-0.25, -0.2) is 0 Å². The van der Waals surface area contributed by atoms with E-state index in [0.29, 0.717) is 11.6 Å². The molecule has 0 unspecified atom stereocenters. The number of hydrogen-bond donors (Lipinski definition) is 1. The normalized spacial score (nSPS) is 9.44. The number of ether oxygens (including phenoxy) is 1. The summed E-state index contributed by atoms with van der Waals surface area (Å²) in [6, 6.07) is 0. The van der Waals surface area contributed by atoms with Crippen molar-refractivity contribution in [2.75, 3.05) is 13.2 Å². The van der Waals surface area contributed by atoms with Crippen LogP contribution in [0.3, 0.4) is 0 Å². The summed E-state index contributed by atoms with van der Waals surface area (Å²) in [5.41, 5.74) is 5.18. The summed E-state index contributed by atoms with van der Waals surface area (Å²) in [4.78, 5) is 0.436. The standard InChI is InChI=1S/C6H13NOS/c1-2-3-4-8-5-6(7)9/h2-5H2,1H3,(H2,7,9). The average Bonchev–Trinajstić information content (AvgIpc) is 1.80. The van der Waals surface area contributed by atoms with Gasteiger partial charge in [-0.15, -0.1) is 0 Å². The molecule has 0 bridgehead atoms. The number of nitrogens with two attached hydrogens (primary N) is 1. The average molecular weight is 147 g/mol. The molecule has 0 atom stereocenters. The number of hydrogen-bond acceptors (Lipinski definition) is 2. The fraction of sp³-hybridized carbons (Fsp3) is 0.833. The molecule has 0 saturated heterocycles. The first-order chi connectivity index (χ1) is 4.27. The highest BCUT2D eigenvalue weighted by Crippen LogP contribution is 1.86. The van der Waals surface area contributed by atoms with Crippen LogP contribution in [0.25, 0.3) is 0 Å². The zero-order valence-corrected chi connectivity index (χ0v) is 6.54. The molecule has 0 saturated carbocycles. The predicted octanol–water partition coefficient (Wildman–Crippen LogP) is 1.09. The van der Waals surface area contributed by atoms with E-state index in [-0.39, 0.29) is 0 Å². The van der Waals surface area contributed by atoms with Crippen LogP contribution in [0.4, 0.5) is 0 Å². The molecule has 0 aromatic carbocycles. The predicted molar refractivity (Wildman–Crippen MR) is 42.5 cm³/mol. The zero-order chi connectivity index (χ0) is 7.11. The van der Waals surface area contributed by atoms with Crippen LogP contribution in [-0.2, 0) is 4.74 Å². The highest BCUT2D eigenvalue weighted by atomic mass is 32.1. The Morgan fingerprint density at radius 3 is 2.78 bits per heavy atom. The van der Waals surface area contributed by atoms with Crippen LogP contribution >= 0.6 is 12.2 Å². The van der Waals surface area contributed by atoms with Crippen molar-refractivity contribution < 1.29 is 4.74 Å². The quantitative estimate of drug-likeness (QED) is 0.467. The van der Waals surface area contributed by atoms with Gasteiger partial charge in [0.1, 0.15) is 0 Å². The van der Waals surface area contributed by atoms with Crippen molar-refractivity contribution in [2.24, 2.45) is 5.73 Å². The minimum Gasteiger partial charge on any atom is -0.391 e. The van der Waals surface area contributed by atoms with Crippen LogP contribution in [0, 0.1) is 0 Å². The van der Waals surface area contributed by atoms with E-state index in [1.165, 1.54) is 0 Å². The van der Waals surface area contributed by atoms with Crippen LogP contribution in [-0.4, -0.2) is 18.2 Å². The second kappa shape index (κ2) is 5.98. The lowest BCUT2D eigenvalue weighted by atomic mass is 10.4. The molecule has 0 heterocycles. The van der Waals surface area contributed by atoms with Gasteiger partial charge in [-0.05, 0) is 6.42 Å². The highest BCUT2D eigenvalue weighted by molar-refractivity contribution is 7.80. The van der Waals surface area contributed by atoms with E-state index >= 15 is 0 Å². The molecular weight excluding hydrogens is 134 g/mol. The first kappa shape index (κ1) is 8.85. The van der Waals surface area contributed by atoms with Gasteiger partial charge in [0.05, 0.1) is 11.6 Å². The number of rotatable bonds is 5. The first-order valence-corrected chi connectivity index (χ1v) is 3.54. The van der Waals surface area contributed by atoms with Crippen molar-refractivity contribution in [3.05, 3.63) is 0 Å². The summed E-state index contributed by atoms with van der Waals surface area (Å²) in [5, 5.41) is 0. The van der Waals surface area contributed by atoms with Gasteiger partial charge in [0.2, 0.25) is 0 Å². The summed E-state index contributed by atoms with van der Waals surface area (Å²) in [6.07, 6.45) is 2.24. The third-order valence-corrected chi connectivity index (χ3v) is 1.00. The number of thiocarbonyl (C=S) groups is 1. The Bertz CT molecular complexity index is 85.1. The molecule has 3 heteroatoms. The molecule has 2 nitrogen and oxygen atoms in total. The molecule has 0 aromatic rings. The molecule has 0 amide bonds. The van der Waals surface area contributed by atoms with E-state index in [4.69, 9.17) is 10.5 Å². The molecule has 2 N–H and O–H groups in total. The molecule has 0 fully saturated rings. The van der Waals surface area contributed by atoms with Gasteiger partial charge in [0.15, 0.2) is 0 Å². The topological polar surface area (TPSA) is 35.2 Å². The molecular formula is C6H13NOS. The van der Waals surface area contributed by atoms with E-state index in [1.54, 1.807) is 0 Å². The van der Waals surface area contributed by atoms with Crippen LogP contribution in [0.15, 0.2) is 0 Å². The molecule has 0 aliphatic heterocycles. The monoisotopic (exact) mass is 147 g/mol. The van der Waals surface area contributed by atoms with E-state index in [2.05, 4.69) is 19.1 Å². The lowest BCUT2D eigenvalue weighted by Gasteiger charge is -1.99. The van der Waals surface area contributed by atoms with Crippen molar-refractivity contribution in [2.45, 2.75) is 19.8 Å². The van der Waals surface area contributed by atoms with Crippen LogP contribution in [0.2, 0.25) is 0 Å². The second-order valence-electron chi connectivity index (χ2n) is 1.87. The molecule has 0 spiro atoms. The minimum atomic E-state index is 0.426. The van der Waals surface area contributed by atoms with Crippen LogP contribution in [0.5, 0.6) is 0 Å². The van der Waals surface area contributed by atoms with Gasteiger partial charge in [-0.3, -0.25) is 0 Å². The molecule has 0 aromatic heterocycles. The van der Waals surface area contributed by atoms with Crippen LogP contribution < -0.4 is 5.73 Å². The third-order valence-electron chi connectivity index (χ3n) is 0.887. The Balaban J connectivity index is 2.83. The maximum absolute atomic E-state index is 5.18. The van der Waals surface area contributed by atoms with E-state index in [0.717, 1.165) is 19.4 Å². The first-order valence-electron chi connectivity index (χ1n) is 3.13. The van der Waals surface area contributed by atoms with E-state index < -0.39 is 0 Å². The van der Waals surface area contributed by atoms with Crippen LogP contribution in [0.1, 0.15) is 19.8 Å². The molecule has 0 aliphatic rings. The van der Waals surface area contributed by atoms with Gasteiger partial charge in [-0.1, -0.05) is 25.6 Å². The summed E-state index contributed by atoms with van der Waals surface area (Å²) >= 11 is 4.60. The summed E-state index contributed by atoms with van der Waals surface area (Å²) in [5.74, 6) is 0. The molecule has 0 radical (unpaired) electrons. The maximum Gasteiger partial charge on any atom is 0.0989 e. The molecule has 54 valence electrons. The van der Waals surface area contributed by atoms with Gasteiger partial charge < -0.3 is 10.5 Å². The lowest BCUT2D eigenvalue weighted by Crippen LogP contribution is -2.15. The largest absolute Gasteiger partial charge is 0.391 e. The minimum absolute atomic E-state index is 0.426. The fourth-order valence-electron chi connectivity index (χ4n) is 0.419. The van der Waals surface area contributed by atoms with Crippen molar-refractivity contribution in [3.63, 3.8) is 0 Å². The molecule has 9 heavy (non-hydrogen) atoms. The van der Waals surface area contributed by atoms with E-state index in [9.17, 15) is 0 Å². The summed E-state index contributed by atoms with van der Waals surface area (Å²) in [7, 11) is 0. The lowest BCUT2D eigenvalue weighted by molar-refractivity contribution is 0.168. The fourth-order valence-corrected chi connectivity index (χ4v) is 0.502. The van der Waals surface area contributed by atoms with Crippen molar-refractivity contribution in [3.8, 4) is 0 Å². The van der Waals surface area contributed by atoms with Gasteiger partial charge in [0, 0.05) is 6.61 Å². The molecule has 0 aliphatic carbocycles. The zero-order valence-electron chi connectivity index (χ0n) is 5.72. The second-order valence-corrected chi connectivity index (χ2v) is 2.40. The van der Waals surface area contributed by atoms with Gasteiger partial charge >= 0.3 is 0 Å². The Hall–Kier alpha value is -0.150. The van der Waals surface area contributed by atoms with Crippen molar-refractivity contribution in [1.82, 2.24) is 0 Å². The smallest absolute Gasteiger partial charge is 0.0989 e. The summed E-state index contributed by atoms with van der Waals surface area (Å²) in [6.45, 7) is 3.31. The Kier molecular flexibility index (Phi) is 5.88. The third kappa shape index (κ3) is 7.85. The Morgan fingerprint density at radius 1 is 1.67 bits per heavy atom.